The van der Waals surface area contributed by atoms with Gasteiger partial charge in [-0.2, -0.15) is 0 Å². The van der Waals surface area contributed by atoms with Gasteiger partial charge in [0.1, 0.15) is 0 Å². The fourth-order valence-electron chi connectivity index (χ4n) is 2.46. The van der Waals surface area contributed by atoms with Crippen LogP contribution in [0.25, 0.3) is 0 Å². The summed E-state index contributed by atoms with van der Waals surface area (Å²) in [5.41, 5.74) is 1.12. The second-order valence-electron chi connectivity index (χ2n) is 5.64. The maximum atomic E-state index is 4.82. The Morgan fingerprint density at radius 3 is 2.57 bits per heavy atom. The Balaban J connectivity index is 2.00. The van der Waals surface area contributed by atoms with Gasteiger partial charge in [-0.1, -0.05) is 25.1 Å². The number of guanidine groups is 1. The van der Waals surface area contributed by atoms with Crippen molar-refractivity contribution in [3.63, 3.8) is 0 Å². The van der Waals surface area contributed by atoms with E-state index in [9.17, 15) is 0 Å². The lowest BCUT2D eigenvalue weighted by molar-refractivity contribution is 0.336. The van der Waals surface area contributed by atoms with Gasteiger partial charge in [0.2, 0.25) is 0 Å². The Labute approximate surface area is 128 Å². The topological polar surface area (TPSA) is 30.9 Å². The van der Waals surface area contributed by atoms with Crippen LogP contribution in [-0.4, -0.2) is 55.5 Å². The van der Waals surface area contributed by atoms with Gasteiger partial charge in [0.15, 0.2) is 5.96 Å². The number of likely N-dealkylation sites (tertiary alicyclic amines) is 1. The van der Waals surface area contributed by atoms with Crippen molar-refractivity contribution in [1.29, 1.82) is 0 Å². The lowest BCUT2D eigenvalue weighted by Gasteiger charge is -2.30. The summed E-state index contributed by atoms with van der Waals surface area (Å²) >= 11 is 0. The third-order valence-electron chi connectivity index (χ3n) is 3.97. The number of piperidine rings is 1. The summed E-state index contributed by atoms with van der Waals surface area (Å²) in [5.74, 6) is 1.03. The fourth-order valence-corrected chi connectivity index (χ4v) is 2.46. The van der Waals surface area contributed by atoms with Crippen LogP contribution < -0.4 is 5.32 Å². The molecule has 0 spiro atoms. The highest BCUT2D eigenvalue weighted by molar-refractivity contribution is 5.93. The number of aliphatic imine (C=N–C) groups is 1. The Kier molecular flexibility index (Phi) is 6.54. The summed E-state index contributed by atoms with van der Waals surface area (Å²) in [6.45, 7) is 7.32. The highest BCUT2D eigenvalue weighted by atomic mass is 15.3. The Hall–Kier alpha value is -1.55. The van der Waals surface area contributed by atoms with Gasteiger partial charge in [0.05, 0.1) is 6.54 Å². The monoisotopic (exact) mass is 288 g/mol. The minimum absolute atomic E-state index is 0.843. The average Bonchev–Trinajstić information content (AvgIpc) is 2.55. The van der Waals surface area contributed by atoms with Gasteiger partial charge in [-0.3, -0.25) is 4.99 Å². The molecule has 0 amide bonds. The molecule has 1 aromatic carbocycles. The zero-order valence-electron chi connectivity index (χ0n) is 13.4. The van der Waals surface area contributed by atoms with E-state index >= 15 is 0 Å². The van der Waals surface area contributed by atoms with Crippen molar-refractivity contribution in [3.8, 4) is 0 Å². The predicted molar refractivity (Wildman–Crippen MR) is 91.0 cm³/mol. The minimum atomic E-state index is 0.843. The van der Waals surface area contributed by atoms with E-state index in [0.717, 1.165) is 44.4 Å². The number of hydrogen-bond acceptors (Lipinski definition) is 2. The van der Waals surface area contributed by atoms with E-state index in [0.29, 0.717) is 0 Å². The SMILES string of the molecule is CCN(C)CCN=C(Nc1ccccc1)N1CCCCC1. The van der Waals surface area contributed by atoms with Crippen molar-refractivity contribution in [2.75, 3.05) is 45.1 Å². The summed E-state index contributed by atoms with van der Waals surface area (Å²) in [7, 11) is 2.14. The maximum Gasteiger partial charge on any atom is 0.198 e. The van der Waals surface area contributed by atoms with Crippen LogP contribution >= 0.6 is 0 Å². The number of likely N-dealkylation sites (N-methyl/N-ethyl adjacent to an activating group) is 1. The van der Waals surface area contributed by atoms with Crippen LogP contribution in [0, 0.1) is 0 Å². The summed E-state index contributed by atoms with van der Waals surface area (Å²) in [6, 6.07) is 10.3. The molecule has 0 saturated carbocycles. The zero-order valence-corrected chi connectivity index (χ0v) is 13.4. The van der Waals surface area contributed by atoms with E-state index in [4.69, 9.17) is 4.99 Å². The number of nitrogens with one attached hydrogen (secondary N) is 1. The number of anilines is 1. The smallest absolute Gasteiger partial charge is 0.198 e. The van der Waals surface area contributed by atoms with E-state index in [1.165, 1.54) is 19.3 Å². The first-order chi connectivity index (χ1) is 10.3. The molecule has 0 radical (unpaired) electrons. The van der Waals surface area contributed by atoms with Crippen LogP contribution in [0.5, 0.6) is 0 Å². The number of nitrogens with zero attached hydrogens (tertiary/aromatic N) is 3. The molecule has 1 saturated heterocycles. The summed E-state index contributed by atoms with van der Waals surface area (Å²) in [5, 5.41) is 3.50. The second-order valence-corrected chi connectivity index (χ2v) is 5.64. The van der Waals surface area contributed by atoms with E-state index in [1.54, 1.807) is 0 Å². The van der Waals surface area contributed by atoms with E-state index < -0.39 is 0 Å². The second kappa shape index (κ2) is 8.67. The Bertz CT molecular complexity index is 424. The van der Waals surface area contributed by atoms with Crippen molar-refractivity contribution in [2.24, 2.45) is 4.99 Å². The van der Waals surface area contributed by atoms with E-state index in [2.05, 4.69) is 53.4 Å². The molecule has 1 heterocycles. The molecule has 1 aliphatic rings. The van der Waals surface area contributed by atoms with Crippen LogP contribution in [0.15, 0.2) is 35.3 Å². The molecule has 21 heavy (non-hydrogen) atoms. The van der Waals surface area contributed by atoms with E-state index in [-0.39, 0.29) is 0 Å². The molecule has 4 heteroatoms. The van der Waals surface area contributed by atoms with Crippen LogP contribution in [0.2, 0.25) is 0 Å². The van der Waals surface area contributed by atoms with Crippen LogP contribution in [-0.2, 0) is 0 Å². The number of hydrogen-bond donors (Lipinski definition) is 1. The van der Waals surface area contributed by atoms with Gasteiger partial charge in [-0.25, -0.2) is 0 Å². The van der Waals surface area contributed by atoms with Gasteiger partial charge in [-0.15, -0.1) is 0 Å². The number of rotatable bonds is 5. The van der Waals surface area contributed by atoms with Crippen molar-refractivity contribution in [2.45, 2.75) is 26.2 Å². The highest BCUT2D eigenvalue weighted by Crippen LogP contribution is 2.12. The highest BCUT2D eigenvalue weighted by Gasteiger charge is 2.14. The molecular formula is C17H28N4. The molecule has 1 N–H and O–H groups in total. The lowest BCUT2D eigenvalue weighted by atomic mass is 10.1. The van der Waals surface area contributed by atoms with Gasteiger partial charge in [0.25, 0.3) is 0 Å². The number of benzene rings is 1. The molecule has 0 unspecified atom stereocenters. The van der Waals surface area contributed by atoms with Crippen LogP contribution in [0.4, 0.5) is 5.69 Å². The van der Waals surface area contributed by atoms with Gasteiger partial charge in [-0.05, 0) is 45.0 Å². The summed E-state index contributed by atoms with van der Waals surface area (Å²) < 4.78 is 0. The van der Waals surface area contributed by atoms with Gasteiger partial charge >= 0.3 is 0 Å². The minimum Gasteiger partial charge on any atom is -0.343 e. The summed E-state index contributed by atoms with van der Waals surface area (Å²) in [4.78, 5) is 9.50. The molecule has 0 atom stereocenters. The predicted octanol–water partition coefficient (Wildman–Crippen LogP) is 2.89. The normalized spacial score (nSPS) is 16.3. The zero-order chi connectivity index (χ0) is 14.9. The van der Waals surface area contributed by atoms with Crippen LogP contribution in [0.3, 0.4) is 0 Å². The quantitative estimate of drug-likeness (QED) is 0.667. The first kappa shape index (κ1) is 15.8. The lowest BCUT2D eigenvalue weighted by Crippen LogP contribution is -2.40. The Morgan fingerprint density at radius 1 is 1.19 bits per heavy atom. The first-order valence-corrected chi connectivity index (χ1v) is 8.09. The fraction of sp³-hybridized carbons (Fsp3) is 0.588. The molecule has 1 aliphatic heterocycles. The molecule has 0 aromatic heterocycles. The number of para-hydroxylation sites is 1. The molecule has 0 bridgehead atoms. The Morgan fingerprint density at radius 2 is 1.90 bits per heavy atom. The van der Waals surface area contributed by atoms with Gasteiger partial charge in [0, 0.05) is 25.3 Å². The van der Waals surface area contributed by atoms with Crippen molar-refractivity contribution < 1.29 is 0 Å². The molecular weight excluding hydrogens is 260 g/mol. The van der Waals surface area contributed by atoms with Crippen molar-refractivity contribution in [3.05, 3.63) is 30.3 Å². The molecule has 1 fully saturated rings. The molecule has 2 rings (SSSR count). The third kappa shape index (κ3) is 5.38. The van der Waals surface area contributed by atoms with E-state index in [1.807, 2.05) is 6.07 Å². The molecule has 0 aliphatic carbocycles. The largest absolute Gasteiger partial charge is 0.343 e. The third-order valence-corrected chi connectivity index (χ3v) is 3.97. The average molecular weight is 288 g/mol. The van der Waals surface area contributed by atoms with Crippen molar-refractivity contribution in [1.82, 2.24) is 9.80 Å². The molecule has 116 valence electrons. The molecule has 1 aromatic rings. The molecule has 4 nitrogen and oxygen atoms in total. The first-order valence-electron chi connectivity index (χ1n) is 8.09. The maximum absolute atomic E-state index is 4.82. The standard InChI is InChI=1S/C17H28N4/c1-3-20(2)15-12-18-17(21-13-8-5-9-14-21)19-16-10-6-4-7-11-16/h4,6-7,10-11H,3,5,8-9,12-15H2,1-2H3,(H,18,19). The van der Waals surface area contributed by atoms with Gasteiger partial charge < -0.3 is 15.1 Å². The summed E-state index contributed by atoms with van der Waals surface area (Å²) in [6.07, 6.45) is 3.88. The van der Waals surface area contributed by atoms with Crippen molar-refractivity contribution >= 4 is 11.6 Å². The van der Waals surface area contributed by atoms with Crippen LogP contribution in [0.1, 0.15) is 26.2 Å².